The standard InChI is InChI=1S/C17H27N3O3/c1-7-10(2)13(19-16(22)23-17(3,4)5)15(21)20-9-11-8-12(11)14(20)18-6/h10-14H,7-9H2,1-5H3,(H,19,22)/t10?,11-,12-,13+,14?/m1/s1. The van der Waals surface area contributed by atoms with Gasteiger partial charge in [0.2, 0.25) is 0 Å². The van der Waals surface area contributed by atoms with Gasteiger partial charge >= 0.3 is 12.3 Å². The summed E-state index contributed by atoms with van der Waals surface area (Å²) in [5.74, 6) is 0.629. The Balaban J connectivity index is 2.07. The lowest BCUT2D eigenvalue weighted by Crippen LogP contribution is -2.54. The van der Waals surface area contributed by atoms with Crippen molar-refractivity contribution >= 4 is 12.0 Å². The number of nitrogens with one attached hydrogen (secondary N) is 1. The molecule has 2 fully saturated rings. The van der Waals surface area contributed by atoms with Gasteiger partial charge in [-0.2, -0.15) is 0 Å². The smallest absolute Gasteiger partial charge is 0.408 e. The Labute approximate surface area is 138 Å². The first-order chi connectivity index (χ1) is 10.7. The van der Waals surface area contributed by atoms with E-state index in [-0.39, 0.29) is 18.0 Å². The molecule has 6 nitrogen and oxygen atoms in total. The molecule has 1 N–H and O–H groups in total. The van der Waals surface area contributed by atoms with Crippen molar-refractivity contribution in [2.45, 2.75) is 65.3 Å². The van der Waals surface area contributed by atoms with Crippen LogP contribution in [0.15, 0.2) is 0 Å². The Morgan fingerprint density at radius 1 is 1.43 bits per heavy atom. The molecule has 2 unspecified atom stereocenters. The van der Waals surface area contributed by atoms with Crippen molar-refractivity contribution in [3.63, 3.8) is 0 Å². The highest BCUT2D eigenvalue weighted by Gasteiger charge is 2.59. The van der Waals surface area contributed by atoms with E-state index in [0.29, 0.717) is 18.4 Å². The van der Waals surface area contributed by atoms with Gasteiger partial charge in [-0.25, -0.2) is 11.4 Å². The molecule has 2 rings (SSSR count). The van der Waals surface area contributed by atoms with Gasteiger partial charge in [-0.3, -0.25) is 14.5 Å². The Kier molecular flexibility index (Phi) is 4.88. The third-order valence-electron chi connectivity index (χ3n) is 4.68. The Morgan fingerprint density at radius 3 is 2.61 bits per heavy atom. The molecule has 1 aliphatic heterocycles. The number of carbonyl (C=O) groups excluding carboxylic acids is 2. The molecule has 23 heavy (non-hydrogen) atoms. The van der Waals surface area contributed by atoms with Gasteiger partial charge in [0, 0.05) is 6.54 Å². The number of rotatable bonds is 4. The molecular weight excluding hydrogens is 294 g/mol. The van der Waals surface area contributed by atoms with Crippen LogP contribution < -0.4 is 5.32 Å². The van der Waals surface area contributed by atoms with E-state index >= 15 is 0 Å². The lowest BCUT2D eigenvalue weighted by Gasteiger charge is -2.30. The summed E-state index contributed by atoms with van der Waals surface area (Å²) < 4.78 is 5.28. The third-order valence-corrected chi connectivity index (χ3v) is 4.68. The zero-order valence-corrected chi connectivity index (χ0v) is 14.6. The van der Waals surface area contributed by atoms with Crippen LogP contribution in [0.2, 0.25) is 0 Å². The second-order valence-corrected chi connectivity index (χ2v) is 7.70. The van der Waals surface area contributed by atoms with Crippen LogP contribution in [-0.2, 0) is 9.53 Å². The number of alkyl carbamates (subject to hydrolysis) is 1. The number of fused-ring (bicyclic) bond motifs is 1. The maximum absolute atomic E-state index is 12.9. The van der Waals surface area contributed by atoms with Crippen molar-refractivity contribution in [2.75, 3.05) is 6.54 Å². The van der Waals surface area contributed by atoms with Crippen LogP contribution in [0.1, 0.15) is 47.5 Å². The monoisotopic (exact) mass is 321 g/mol. The molecule has 128 valence electrons. The number of piperidine rings is 1. The van der Waals surface area contributed by atoms with E-state index < -0.39 is 17.7 Å². The molecule has 1 heterocycles. The average molecular weight is 321 g/mol. The molecule has 0 bridgehead atoms. The summed E-state index contributed by atoms with van der Waals surface area (Å²) in [6, 6.07) is -0.642. The van der Waals surface area contributed by atoms with Crippen LogP contribution in [0.3, 0.4) is 0 Å². The minimum atomic E-state index is -0.642. The number of hydrogen-bond acceptors (Lipinski definition) is 3. The number of nitrogens with zero attached hydrogens (tertiary/aromatic N) is 2. The first kappa shape index (κ1) is 17.6. The van der Waals surface area contributed by atoms with Crippen LogP contribution in [0, 0.1) is 24.3 Å². The van der Waals surface area contributed by atoms with Crippen LogP contribution in [-0.4, -0.2) is 41.3 Å². The topological polar surface area (TPSA) is 63.0 Å². The Hall–Kier alpha value is -1.77. The SMILES string of the molecule is [C-]#[N+]C1[C@@H]2C[C@@H]2CN1C(=O)[C@@H](NC(=O)OC(C)(C)C)C(C)CC. The second-order valence-electron chi connectivity index (χ2n) is 7.70. The third kappa shape index (κ3) is 3.95. The van der Waals surface area contributed by atoms with Crippen molar-refractivity contribution in [2.24, 2.45) is 17.8 Å². The molecule has 0 aromatic rings. The number of carbonyl (C=O) groups is 2. The average Bonchev–Trinajstić information content (AvgIpc) is 3.12. The highest BCUT2D eigenvalue weighted by Crippen LogP contribution is 2.50. The van der Waals surface area contributed by atoms with Gasteiger partial charge in [0.15, 0.2) is 0 Å². The molecule has 6 heteroatoms. The fourth-order valence-electron chi connectivity index (χ4n) is 3.12. The summed E-state index contributed by atoms with van der Waals surface area (Å²) in [5.41, 5.74) is -0.610. The normalized spacial score (nSPS) is 28.3. The Bertz CT molecular complexity index is 520. The number of ether oxygens (including phenoxy) is 1. The molecule has 1 saturated heterocycles. The Morgan fingerprint density at radius 2 is 2.09 bits per heavy atom. The van der Waals surface area contributed by atoms with Crippen LogP contribution in [0.4, 0.5) is 4.79 Å². The van der Waals surface area contributed by atoms with E-state index in [1.165, 1.54) is 0 Å². The first-order valence-corrected chi connectivity index (χ1v) is 8.34. The van der Waals surface area contributed by atoms with E-state index in [2.05, 4.69) is 10.2 Å². The molecule has 0 aromatic heterocycles. The summed E-state index contributed by atoms with van der Waals surface area (Å²) in [7, 11) is 0. The predicted octanol–water partition coefficient (Wildman–Crippen LogP) is 2.65. The highest BCUT2D eigenvalue weighted by atomic mass is 16.6. The fraction of sp³-hybridized carbons (Fsp3) is 0.824. The molecule has 0 radical (unpaired) electrons. The maximum atomic E-state index is 12.9. The summed E-state index contributed by atoms with van der Waals surface area (Å²) in [6.07, 6.45) is 0.860. The minimum Gasteiger partial charge on any atom is -0.444 e. The van der Waals surface area contributed by atoms with Crippen molar-refractivity contribution in [3.05, 3.63) is 11.4 Å². The van der Waals surface area contributed by atoms with E-state index in [0.717, 1.165) is 12.8 Å². The molecule has 0 spiro atoms. The molecule has 1 aliphatic carbocycles. The molecule has 2 amide bonds. The zero-order chi connectivity index (χ0) is 17.4. The van der Waals surface area contributed by atoms with Gasteiger partial charge in [0.05, 0.1) is 5.92 Å². The van der Waals surface area contributed by atoms with Crippen LogP contribution in [0.25, 0.3) is 4.85 Å². The zero-order valence-electron chi connectivity index (χ0n) is 14.6. The number of hydrogen-bond donors (Lipinski definition) is 1. The van der Waals surface area contributed by atoms with E-state index in [9.17, 15) is 9.59 Å². The van der Waals surface area contributed by atoms with Crippen molar-refractivity contribution in [1.29, 1.82) is 0 Å². The quantitative estimate of drug-likeness (QED) is 0.810. The van der Waals surface area contributed by atoms with E-state index in [4.69, 9.17) is 11.3 Å². The predicted molar refractivity (Wildman–Crippen MR) is 86.3 cm³/mol. The minimum absolute atomic E-state index is 0.0154. The van der Waals surface area contributed by atoms with Gasteiger partial charge in [0.25, 0.3) is 5.91 Å². The van der Waals surface area contributed by atoms with Gasteiger partial charge in [0.1, 0.15) is 11.6 Å². The van der Waals surface area contributed by atoms with Gasteiger partial charge in [-0.05, 0) is 39.0 Å². The van der Waals surface area contributed by atoms with Gasteiger partial charge < -0.3 is 10.1 Å². The van der Waals surface area contributed by atoms with Gasteiger partial charge in [-0.1, -0.05) is 20.3 Å². The summed E-state index contributed by atoms with van der Waals surface area (Å²) >= 11 is 0. The van der Waals surface area contributed by atoms with Crippen molar-refractivity contribution < 1.29 is 14.3 Å². The number of amides is 2. The molecular formula is C17H27N3O3. The second kappa shape index (κ2) is 6.38. The fourth-order valence-corrected chi connectivity index (χ4v) is 3.12. The van der Waals surface area contributed by atoms with Crippen LogP contribution >= 0.6 is 0 Å². The first-order valence-electron chi connectivity index (χ1n) is 8.34. The summed E-state index contributed by atoms with van der Waals surface area (Å²) in [5, 5.41) is 2.72. The largest absolute Gasteiger partial charge is 0.444 e. The summed E-state index contributed by atoms with van der Waals surface area (Å²) in [6.45, 7) is 17.3. The summed E-state index contributed by atoms with van der Waals surface area (Å²) in [4.78, 5) is 30.2. The van der Waals surface area contributed by atoms with Gasteiger partial charge in [-0.15, -0.1) is 0 Å². The maximum Gasteiger partial charge on any atom is 0.408 e. The molecule has 0 aromatic carbocycles. The molecule has 2 aliphatic rings. The van der Waals surface area contributed by atoms with Crippen molar-refractivity contribution in [3.8, 4) is 0 Å². The number of likely N-dealkylation sites (tertiary alicyclic amines) is 1. The molecule has 1 saturated carbocycles. The van der Waals surface area contributed by atoms with Crippen LogP contribution in [0.5, 0.6) is 0 Å². The van der Waals surface area contributed by atoms with Crippen molar-refractivity contribution in [1.82, 2.24) is 10.2 Å². The van der Waals surface area contributed by atoms with E-state index in [1.54, 1.807) is 25.7 Å². The lowest BCUT2D eigenvalue weighted by atomic mass is 9.97. The van der Waals surface area contributed by atoms with E-state index in [1.807, 2.05) is 13.8 Å². The molecule has 5 atom stereocenters. The lowest BCUT2D eigenvalue weighted by molar-refractivity contribution is -0.135. The highest BCUT2D eigenvalue weighted by molar-refractivity contribution is 5.86.